The van der Waals surface area contributed by atoms with E-state index in [0.29, 0.717) is 16.9 Å². The molecule has 0 bridgehead atoms. The van der Waals surface area contributed by atoms with Crippen molar-refractivity contribution in [2.75, 3.05) is 14.2 Å². The van der Waals surface area contributed by atoms with Crippen LogP contribution < -0.4 is 4.74 Å². The summed E-state index contributed by atoms with van der Waals surface area (Å²) in [6, 6.07) is 7.06. The zero-order chi connectivity index (χ0) is 12.0. The minimum atomic E-state index is -0.459. The van der Waals surface area contributed by atoms with Gasteiger partial charge in [0.2, 0.25) is 0 Å². The molecular weight excluding hydrogens is 206 g/mol. The van der Waals surface area contributed by atoms with Crippen molar-refractivity contribution in [2.45, 2.75) is 0 Å². The van der Waals surface area contributed by atoms with Crippen LogP contribution in [0.25, 0.3) is 6.08 Å². The molecule has 0 aliphatic carbocycles. The molecular formula is C12H11NO3. The molecule has 0 saturated heterocycles. The third-order valence-electron chi connectivity index (χ3n) is 1.98. The van der Waals surface area contributed by atoms with E-state index in [0.717, 1.165) is 0 Å². The fraction of sp³-hybridized carbons (Fsp3) is 0.167. The van der Waals surface area contributed by atoms with Gasteiger partial charge in [-0.15, -0.1) is 0 Å². The summed E-state index contributed by atoms with van der Waals surface area (Å²) in [6.45, 7) is 0. The molecule has 0 aromatic heterocycles. The number of hydrogen-bond acceptors (Lipinski definition) is 4. The standard InChI is InChI=1S/C12H11NO3/c1-15-11-5-3-9(10(7-11)8-13)4-6-12(14)16-2/h3-7H,1-2H3/b6-4-. The van der Waals surface area contributed by atoms with E-state index in [4.69, 9.17) is 10.00 Å². The largest absolute Gasteiger partial charge is 0.497 e. The second-order valence-electron chi connectivity index (χ2n) is 2.92. The van der Waals surface area contributed by atoms with Crippen LogP contribution in [0.1, 0.15) is 11.1 Å². The molecule has 1 rings (SSSR count). The zero-order valence-corrected chi connectivity index (χ0v) is 9.06. The summed E-state index contributed by atoms with van der Waals surface area (Å²) < 4.78 is 9.45. The number of ether oxygens (including phenoxy) is 2. The number of rotatable bonds is 3. The van der Waals surface area contributed by atoms with Crippen LogP contribution in [0, 0.1) is 11.3 Å². The number of carbonyl (C=O) groups is 1. The predicted octanol–water partition coefficient (Wildman–Crippen LogP) is 1.75. The molecule has 0 atom stereocenters. The van der Waals surface area contributed by atoms with Crippen molar-refractivity contribution >= 4 is 12.0 Å². The molecule has 0 unspecified atom stereocenters. The van der Waals surface area contributed by atoms with E-state index in [1.165, 1.54) is 26.4 Å². The first-order valence-corrected chi connectivity index (χ1v) is 4.55. The molecule has 0 fully saturated rings. The fourth-order valence-electron chi connectivity index (χ4n) is 1.13. The van der Waals surface area contributed by atoms with Crippen LogP contribution in [-0.4, -0.2) is 20.2 Å². The maximum atomic E-state index is 10.9. The number of carbonyl (C=O) groups excluding carboxylic acids is 1. The highest BCUT2D eigenvalue weighted by molar-refractivity contribution is 5.87. The Bertz CT molecular complexity index is 458. The van der Waals surface area contributed by atoms with E-state index < -0.39 is 5.97 Å². The lowest BCUT2D eigenvalue weighted by atomic mass is 10.1. The second kappa shape index (κ2) is 5.56. The van der Waals surface area contributed by atoms with Gasteiger partial charge in [0.25, 0.3) is 0 Å². The van der Waals surface area contributed by atoms with Gasteiger partial charge in [0.15, 0.2) is 0 Å². The van der Waals surface area contributed by atoms with Gasteiger partial charge in [-0.2, -0.15) is 5.26 Å². The van der Waals surface area contributed by atoms with Gasteiger partial charge in [-0.3, -0.25) is 0 Å². The van der Waals surface area contributed by atoms with Gasteiger partial charge in [0.05, 0.1) is 25.9 Å². The van der Waals surface area contributed by atoms with Gasteiger partial charge >= 0.3 is 5.97 Å². The Balaban J connectivity index is 3.02. The highest BCUT2D eigenvalue weighted by Crippen LogP contribution is 2.18. The maximum absolute atomic E-state index is 10.9. The van der Waals surface area contributed by atoms with Crippen molar-refractivity contribution in [3.63, 3.8) is 0 Å². The van der Waals surface area contributed by atoms with Crippen LogP contribution in [0.4, 0.5) is 0 Å². The SMILES string of the molecule is COC(=O)/C=C\c1ccc(OC)cc1C#N. The van der Waals surface area contributed by atoms with E-state index in [1.54, 1.807) is 18.2 Å². The minimum absolute atomic E-state index is 0.444. The molecule has 0 spiro atoms. The van der Waals surface area contributed by atoms with Gasteiger partial charge in [0, 0.05) is 6.08 Å². The summed E-state index contributed by atoms with van der Waals surface area (Å²) >= 11 is 0. The van der Waals surface area contributed by atoms with Crippen LogP contribution >= 0.6 is 0 Å². The summed E-state index contributed by atoms with van der Waals surface area (Å²) in [5, 5.41) is 8.91. The third kappa shape index (κ3) is 2.85. The highest BCUT2D eigenvalue weighted by atomic mass is 16.5. The Morgan fingerprint density at radius 2 is 2.19 bits per heavy atom. The van der Waals surface area contributed by atoms with Crippen LogP contribution in [-0.2, 0) is 9.53 Å². The van der Waals surface area contributed by atoms with Crippen LogP contribution in [0.5, 0.6) is 5.75 Å². The first kappa shape index (κ1) is 11.8. The van der Waals surface area contributed by atoms with Crippen LogP contribution in [0.2, 0.25) is 0 Å². The van der Waals surface area contributed by atoms with Crippen molar-refractivity contribution in [1.29, 1.82) is 5.26 Å². The Morgan fingerprint density at radius 1 is 1.44 bits per heavy atom. The molecule has 0 amide bonds. The van der Waals surface area contributed by atoms with Crippen molar-refractivity contribution in [3.8, 4) is 11.8 Å². The topological polar surface area (TPSA) is 59.3 Å². The number of esters is 1. The molecule has 0 heterocycles. The summed E-state index contributed by atoms with van der Waals surface area (Å²) in [5.74, 6) is 0.145. The second-order valence-corrected chi connectivity index (χ2v) is 2.92. The smallest absolute Gasteiger partial charge is 0.330 e. The lowest BCUT2D eigenvalue weighted by Gasteiger charge is -2.02. The first-order valence-electron chi connectivity index (χ1n) is 4.55. The van der Waals surface area contributed by atoms with E-state index in [-0.39, 0.29) is 0 Å². The van der Waals surface area contributed by atoms with Gasteiger partial charge in [0.1, 0.15) is 5.75 Å². The van der Waals surface area contributed by atoms with Gasteiger partial charge in [-0.1, -0.05) is 0 Å². The van der Waals surface area contributed by atoms with E-state index >= 15 is 0 Å². The van der Waals surface area contributed by atoms with Crippen molar-refractivity contribution in [3.05, 3.63) is 35.4 Å². The summed E-state index contributed by atoms with van der Waals surface area (Å²) in [6.07, 6.45) is 2.80. The fourth-order valence-corrected chi connectivity index (χ4v) is 1.13. The number of nitriles is 1. The molecule has 4 heteroatoms. The quantitative estimate of drug-likeness (QED) is 0.571. The first-order chi connectivity index (χ1) is 7.71. The minimum Gasteiger partial charge on any atom is -0.497 e. The normalized spacial score (nSPS) is 9.81. The zero-order valence-electron chi connectivity index (χ0n) is 9.06. The molecule has 0 radical (unpaired) electrons. The average molecular weight is 217 g/mol. The maximum Gasteiger partial charge on any atom is 0.330 e. The molecule has 1 aromatic rings. The Labute approximate surface area is 93.7 Å². The van der Waals surface area contributed by atoms with Crippen LogP contribution in [0.3, 0.4) is 0 Å². The average Bonchev–Trinajstić information content (AvgIpc) is 2.35. The van der Waals surface area contributed by atoms with E-state index in [2.05, 4.69) is 4.74 Å². The molecule has 0 aliphatic rings. The lowest BCUT2D eigenvalue weighted by Crippen LogP contribution is -1.94. The number of benzene rings is 1. The molecule has 0 aliphatic heterocycles. The van der Waals surface area contributed by atoms with Gasteiger partial charge in [-0.25, -0.2) is 4.79 Å². The summed E-state index contributed by atoms with van der Waals surface area (Å²) in [5.41, 5.74) is 1.09. The Hall–Kier alpha value is -2.28. The molecule has 0 N–H and O–H groups in total. The number of hydrogen-bond donors (Lipinski definition) is 0. The van der Waals surface area contributed by atoms with E-state index in [9.17, 15) is 4.79 Å². The van der Waals surface area contributed by atoms with Gasteiger partial charge < -0.3 is 9.47 Å². The van der Waals surface area contributed by atoms with Crippen molar-refractivity contribution in [1.82, 2.24) is 0 Å². The van der Waals surface area contributed by atoms with E-state index in [1.807, 2.05) is 6.07 Å². The van der Waals surface area contributed by atoms with Crippen molar-refractivity contribution < 1.29 is 14.3 Å². The molecule has 1 aromatic carbocycles. The number of methoxy groups -OCH3 is 2. The monoisotopic (exact) mass is 217 g/mol. The molecule has 0 saturated carbocycles. The van der Waals surface area contributed by atoms with Crippen LogP contribution in [0.15, 0.2) is 24.3 Å². The lowest BCUT2D eigenvalue weighted by molar-refractivity contribution is -0.134. The summed E-state index contributed by atoms with van der Waals surface area (Å²) in [4.78, 5) is 10.9. The number of nitrogens with zero attached hydrogens (tertiary/aromatic N) is 1. The predicted molar refractivity (Wildman–Crippen MR) is 58.8 cm³/mol. The van der Waals surface area contributed by atoms with Gasteiger partial charge in [-0.05, 0) is 29.8 Å². The molecule has 82 valence electrons. The third-order valence-corrected chi connectivity index (χ3v) is 1.98. The highest BCUT2D eigenvalue weighted by Gasteiger charge is 2.01. The molecule has 4 nitrogen and oxygen atoms in total. The Kier molecular flexibility index (Phi) is 4.10. The summed E-state index contributed by atoms with van der Waals surface area (Å²) in [7, 11) is 2.83. The molecule has 16 heavy (non-hydrogen) atoms. The Morgan fingerprint density at radius 3 is 2.75 bits per heavy atom. The van der Waals surface area contributed by atoms with Crippen molar-refractivity contribution in [2.24, 2.45) is 0 Å².